The zero-order valence-corrected chi connectivity index (χ0v) is 12.5. The summed E-state index contributed by atoms with van der Waals surface area (Å²) in [5.74, 6) is 0.330. The largest absolute Gasteiger partial charge is 0.496 e. The van der Waals surface area contributed by atoms with Crippen molar-refractivity contribution < 1.29 is 13.9 Å². The molecule has 3 rings (SSSR count). The number of fused-ring (bicyclic) bond motifs is 1. The lowest BCUT2D eigenvalue weighted by molar-refractivity contribution is 0.101. The Balaban J connectivity index is 2.12. The second kappa shape index (κ2) is 5.43. The first-order valence-electron chi connectivity index (χ1n) is 6.16. The van der Waals surface area contributed by atoms with E-state index < -0.39 is 0 Å². The van der Waals surface area contributed by atoms with Gasteiger partial charge in [-0.2, -0.15) is 0 Å². The van der Waals surface area contributed by atoms with Gasteiger partial charge in [-0.15, -0.1) is 0 Å². The van der Waals surface area contributed by atoms with E-state index in [2.05, 4.69) is 0 Å². The topological polar surface area (TPSA) is 39.4 Å². The van der Waals surface area contributed by atoms with Gasteiger partial charge in [-0.1, -0.05) is 35.3 Å². The molecule has 0 aliphatic carbocycles. The van der Waals surface area contributed by atoms with E-state index in [0.717, 1.165) is 5.39 Å². The fourth-order valence-electron chi connectivity index (χ4n) is 2.13. The van der Waals surface area contributed by atoms with Crippen LogP contribution < -0.4 is 4.74 Å². The highest BCUT2D eigenvalue weighted by atomic mass is 35.5. The minimum atomic E-state index is -0.304. The quantitative estimate of drug-likeness (QED) is 0.639. The molecule has 0 bridgehead atoms. The maximum Gasteiger partial charge on any atom is 0.231 e. The number of furan rings is 1. The Bertz CT molecular complexity index is 837. The first-order valence-corrected chi connectivity index (χ1v) is 6.92. The number of halogens is 2. The number of para-hydroxylation sites is 1. The number of methoxy groups -OCH3 is 1. The van der Waals surface area contributed by atoms with Crippen LogP contribution in [0.15, 0.2) is 46.9 Å². The van der Waals surface area contributed by atoms with Crippen molar-refractivity contribution in [1.82, 2.24) is 0 Å². The Morgan fingerprint density at radius 2 is 1.95 bits per heavy atom. The van der Waals surface area contributed by atoms with Crippen molar-refractivity contribution in [2.75, 3.05) is 7.11 Å². The van der Waals surface area contributed by atoms with E-state index in [1.165, 1.54) is 7.11 Å². The molecule has 106 valence electrons. The molecule has 2 aromatic carbocycles. The minimum absolute atomic E-state index is 0.193. The van der Waals surface area contributed by atoms with Gasteiger partial charge in [0.2, 0.25) is 5.78 Å². The summed E-state index contributed by atoms with van der Waals surface area (Å²) < 4.78 is 10.8. The van der Waals surface area contributed by atoms with Crippen LogP contribution in [-0.2, 0) is 0 Å². The van der Waals surface area contributed by atoms with Gasteiger partial charge in [0.15, 0.2) is 11.3 Å². The Morgan fingerprint density at radius 1 is 1.14 bits per heavy atom. The summed E-state index contributed by atoms with van der Waals surface area (Å²) in [6.07, 6.45) is 0. The van der Waals surface area contributed by atoms with E-state index in [9.17, 15) is 4.79 Å². The van der Waals surface area contributed by atoms with Gasteiger partial charge in [0, 0.05) is 10.4 Å². The molecule has 1 heterocycles. The minimum Gasteiger partial charge on any atom is -0.496 e. The standard InChI is InChI=1S/C16H10Cl2O3/c1-20-13-6-5-10(17)8-11(13)15(19)14-7-9-3-2-4-12(18)16(9)21-14/h2-8H,1H3. The molecule has 0 aliphatic rings. The highest BCUT2D eigenvalue weighted by Crippen LogP contribution is 2.30. The first-order chi connectivity index (χ1) is 10.1. The van der Waals surface area contributed by atoms with E-state index in [4.69, 9.17) is 32.4 Å². The average molecular weight is 321 g/mol. The van der Waals surface area contributed by atoms with Gasteiger partial charge in [0.05, 0.1) is 17.7 Å². The normalized spacial score (nSPS) is 10.8. The van der Waals surface area contributed by atoms with Gasteiger partial charge < -0.3 is 9.15 Å². The number of ketones is 1. The Labute approximate surface area is 131 Å². The number of carbonyl (C=O) groups excluding carboxylic acids is 1. The second-order valence-electron chi connectivity index (χ2n) is 4.44. The lowest BCUT2D eigenvalue weighted by Gasteiger charge is -2.06. The maximum absolute atomic E-state index is 12.6. The van der Waals surface area contributed by atoms with Crippen LogP contribution in [0.25, 0.3) is 11.0 Å². The predicted molar refractivity (Wildman–Crippen MR) is 82.7 cm³/mol. The number of benzene rings is 2. The van der Waals surface area contributed by atoms with Gasteiger partial charge in [0.25, 0.3) is 0 Å². The molecule has 1 aromatic heterocycles. The van der Waals surface area contributed by atoms with E-state index >= 15 is 0 Å². The second-order valence-corrected chi connectivity index (χ2v) is 5.29. The van der Waals surface area contributed by atoms with Crippen LogP contribution in [0.1, 0.15) is 16.1 Å². The number of hydrogen-bond donors (Lipinski definition) is 0. The van der Waals surface area contributed by atoms with Crippen molar-refractivity contribution >= 4 is 40.0 Å². The van der Waals surface area contributed by atoms with Crippen molar-refractivity contribution in [3.8, 4) is 5.75 Å². The summed E-state index contributed by atoms with van der Waals surface area (Å²) in [4.78, 5) is 12.6. The molecule has 0 saturated heterocycles. The molecule has 0 radical (unpaired) electrons. The smallest absolute Gasteiger partial charge is 0.231 e. The highest BCUT2D eigenvalue weighted by Gasteiger charge is 2.19. The lowest BCUT2D eigenvalue weighted by atomic mass is 10.1. The number of carbonyl (C=O) groups is 1. The van der Waals surface area contributed by atoms with Gasteiger partial charge in [-0.3, -0.25) is 4.79 Å². The Kier molecular flexibility index (Phi) is 3.62. The van der Waals surface area contributed by atoms with Crippen LogP contribution in [0.5, 0.6) is 5.75 Å². The molecule has 3 aromatic rings. The van der Waals surface area contributed by atoms with E-state index in [1.807, 2.05) is 6.07 Å². The molecule has 0 unspecified atom stereocenters. The summed E-state index contributed by atoms with van der Waals surface area (Å²) in [5.41, 5.74) is 0.837. The van der Waals surface area contributed by atoms with Crippen molar-refractivity contribution in [2.24, 2.45) is 0 Å². The van der Waals surface area contributed by atoms with Crippen LogP contribution in [-0.4, -0.2) is 12.9 Å². The molecule has 0 atom stereocenters. The van der Waals surface area contributed by atoms with Crippen LogP contribution in [0, 0.1) is 0 Å². The number of ether oxygens (including phenoxy) is 1. The summed E-state index contributed by atoms with van der Waals surface area (Å²) in [5, 5.41) is 1.68. The third-order valence-corrected chi connectivity index (χ3v) is 3.66. The van der Waals surface area contributed by atoms with Crippen molar-refractivity contribution in [1.29, 1.82) is 0 Å². The predicted octanol–water partition coefficient (Wildman–Crippen LogP) is 4.98. The van der Waals surface area contributed by atoms with Crippen LogP contribution in [0.3, 0.4) is 0 Å². The van der Waals surface area contributed by atoms with E-state index in [1.54, 1.807) is 36.4 Å². The van der Waals surface area contributed by atoms with E-state index in [0.29, 0.717) is 26.9 Å². The Morgan fingerprint density at radius 3 is 2.67 bits per heavy atom. The molecular formula is C16H10Cl2O3. The molecule has 0 fully saturated rings. The van der Waals surface area contributed by atoms with E-state index in [-0.39, 0.29) is 11.5 Å². The summed E-state index contributed by atoms with van der Waals surface area (Å²) in [6.45, 7) is 0. The molecule has 5 heteroatoms. The molecule has 21 heavy (non-hydrogen) atoms. The molecule has 0 amide bonds. The van der Waals surface area contributed by atoms with Crippen LogP contribution in [0.4, 0.5) is 0 Å². The monoisotopic (exact) mass is 320 g/mol. The van der Waals surface area contributed by atoms with Gasteiger partial charge >= 0.3 is 0 Å². The highest BCUT2D eigenvalue weighted by molar-refractivity contribution is 6.35. The fourth-order valence-corrected chi connectivity index (χ4v) is 2.52. The SMILES string of the molecule is COc1ccc(Cl)cc1C(=O)c1cc2cccc(Cl)c2o1. The summed E-state index contributed by atoms with van der Waals surface area (Å²) in [7, 11) is 1.50. The van der Waals surface area contributed by atoms with Gasteiger partial charge in [-0.25, -0.2) is 0 Å². The molecule has 3 nitrogen and oxygen atoms in total. The third-order valence-electron chi connectivity index (χ3n) is 3.13. The zero-order chi connectivity index (χ0) is 15.0. The van der Waals surface area contributed by atoms with Crippen molar-refractivity contribution in [2.45, 2.75) is 0 Å². The number of rotatable bonds is 3. The summed E-state index contributed by atoms with van der Waals surface area (Å²) in [6, 6.07) is 11.9. The molecule has 0 aliphatic heterocycles. The Hall–Kier alpha value is -1.97. The van der Waals surface area contributed by atoms with Gasteiger partial charge in [0.1, 0.15) is 5.75 Å². The lowest BCUT2D eigenvalue weighted by Crippen LogP contribution is -2.02. The van der Waals surface area contributed by atoms with Crippen molar-refractivity contribution in [3.63, 3.8) is 0 Å². The van der Waals surface area contributed by atoms with Crippen LogP contribution >= 0.6 is 23.2 Å². The fraction of sp³-hybridized carbons (Fsp3) is 0.0625. The zero-order valence-electron chi connectivity index (χ0n) is 11.0. The molecule has 0 spiro atoms. The third kappa shape index (κ3) is 2.50. The van der Waals surface area contributed by atoms with Crippen LogP contribution in [0.2, 0.25) is 10.0 Å². The molecule has 0 saturated carbocycles. The van der Waals surface area contributed by atoms with Crippen molar-refractivity contribution in [3.05, 3.63) is 63.8 Å². The molecular weight excluding hydrogens is 311 g/mol. The first kappa shape index (κ1) is 14.0. The number of hydrogen-bond acceptors (Lipinski definition) is 3. The molecule has 0 N–H and O–H groups in total. The summed E-state index contributed by atoms with van der Waals surface area (Å²) >= 11 is 12.0. The maximum atomic E-state index is 12.6. The average Bonchev–Trinajstić information content (AvgIpc) is 2.92. The van der Waals surface area contributed by atoms with Gasteiger partial charge in [-0.05, 0) is 30.3 Å².